The minimum absolute atomic E-state index is 0.0559. The fraction of sp³-hybridized carbons (Fsp3) is 1.00. The van der Waals surface area contributed by atoms with Crippen LogP contribution in [0.4, 0.5) is 0 Å². The van der Waals surface area contributed by atoms with Gasteiger partial charge in [0.25, 0.3) is 10.1 Å². The van der Waals surface area contributed by atoms with Gasteiger partial charge in [-0.15, -0.1) is 0 Å². The van der Waals surface area contributed by atoms with E-state index in [2.05, 4.69) is 6.92 Å². The maximum Gasteiger partial charge on any atom is 0.264 e. The van der Waals surface area contributed by atoms with Crippen LogP contribution in [-0.4, -0.2) is 31.9 Å². The van der Waals surface area contributed by atoms with Crippen LogP contribution in [0.25, 0.3) is 0 Å². The molecular weight excluding hydrogens is 324 g/mol. The lowest BCUT2D eigenvalue weighted by Gasteiger charge is -2.14. The molecule has 0 heterocycles. The largest absolute Gasteiger partial charge is 0.381 e. The van der Waals surface area contributed by atoms with Gasteiger partial charge in [0, 0.05) is 7.11 Å². The second-order valence-corrected chi connectivity index (χ2v) is 8.54. The van der Waals surface area contributed by atoms with Gasteiger partial charge in [0.15, 0.2) is 0 Å². The van der Waals surface area contributed by atoms with Crippen LogP contribution in [0.3, 0.4) is 0 Å². The Labute approximate surface area is 150 Å². The van der Waals surface area contributed by atoms with Crippen LogP contribution in [0.1, 0.15) is 103 Å². The highest BCUT2D eigenvalue weighted by Gasteiger charge is 2.12. The lowest BCUT2D eigenvalue weighted by Crippen LogP contribution is -2.16. The van der Waals surface area contributed by atoms with Gasteiger partial charge in [0.2, 0.25) is 0 Å². The van der Waals surface area contributed by atoms with Gasteiger partial charge in [0.1, 0.15) is 0 Å². The molecule has 0 aromatic heterocycles. The lowest BCUT2D eigenvalue weighted by molar-refractivity contribution is 0.0899. The topological polar surface area (TPSA) is 63.6 Å². The molecule has 1 atom stereocenters. The molecule has 1 unspecified atom stereocenters. The normalized spacial score (nSPS) is 13.3. The average molecular weight is 365 g/mol. The van der Waals surface area contributed by atoms with Crippen molar-refractivity contribution in [2.24, 2.45) is 0 Å². The van der Waals surface area contributed by atoms with E-state index in [0.29, 0.717) is 6.42 Å². The van der Waals surface area contributed by atoms with E-state index in [4.69, 9.17) is 9.29 Å². The number of unbranched alkanes of at least 4 members (excludes halogenated alkanes) is 12. The van der Waals surface area contributed by atoms with Crippen molar-refractivity contribution >= 4 is 10.1 Å². The van der Waals surface area contributed by atoms with E-state index in [9.17, 15) is 8.42 Å². The molecule has 0 radical (unpaired) electrons. The zero-order chi connectivity index (χ0) is 18.1. The highest BCUT2D eigenvalue weighted by molar-refractivity contribution is 7.85. The lowest BCUT2D eigenvalue weighted by atomic mass is 10.0. The Hall–Kier alpha value is -0.130. The number of methoxy groups -OCH3 is 1. The first-order valence-corrected chi connectivity index (χ1v) is 11.6. The van der Waals surface area contributed by atoms with Gasteiger partial charge in [-0.25, -0.2) is 0 Å². The summed E-state index contributed by atoms with van der Waals surface area (Å²) >= 11 is 0. The van der Waals surface area contributed by atoms with Crippen LogP contribution in [0.5, 0.6) is 0 Å². The van der Waals surface area contributed by atoms with E-state index >= 15 is 0 Å². The molecule has 0 amide bonds. The van der Waals surface area contributed by atoms with E-state index in [-0.39, 0.29) is 11.9 Å². The first-order valence-electron chi connectivity index (χ1n) is 9.97. The second kappa shape index (κ2) is 16.3. The first kappa shape index (κ1) is 23.9. The van der Waals surface area contributed by atoms with E-state index in [0.717, 1.165) is 12.8 Å². The summed E-state index contributed by atoms with van der Waals surface area (Å²) < 4.78 is 35.5. The molecule has 0 aliphatic heterocycles. The van der Waals surface area contributed by atoms with Crippen LogP contribution in [-0.2, 0) is 14.9 Å². The standard InChI is InChI=1S/C19H40O4S/c1-3-4-5-6-7-8-9-10-11-12-13-14-15-16-19(23-2)17-18-24(20,21)22/h19H,3-18H2,1-2H3,(H,20,21,22). The SMILES string of the molecule is CCCCCCCCCCCCCCCC(CCS(=O)(=O)O)OC. The van der Waals surface area contributed by atoms with Gasteiger partial charge < -0.3 is 4.74 Å². The summed E-state index contributed by atoms with van der Waals surface area (Å²) in [7, 11) is -2.26. The van der Waals surface area contributed by atoms with Crippen LogP contribution in [0.2, 0.25) is 0 Å². The summed E-state index contributed by atoms with van der Waals surface area (Å²) in [6, 6.07) is 0. The van der Waals surface area contributed by atoms with Crippen molar-refractivity contribution in [3.63, 3.8) is 0 Å². The fourth-order valence-electron chi connectivity index (χ4n) is 3.05. The van der Waals surface area contributed by atoms with Gasteiger partial charge in [-0.3, -0.25) is 4.55 Å². The van der Waals surface area contributed by atoms with Gasteiger partial charge in [-0.05, 0) is 12.8 Å². The molecule has 146 valence electrons. The summed E-state index contributed by atoms with van der Waals surface area (Å²) in [5, 5.41) is 0. The minimum atomic E-state index is -3.87. The zero-order valence-electron chi connectivity index (χ0n) is 16.0. The quantitative estimate of drug-likeness (QED) is 0.248. The predicted octanol–water partition coefficient (Wildman–Crippen LogP) is 5.76. The smallest absolute Gasteiger partial charge is 0.264 e. The molecule has 0 bridgehead atoms. The highest BCUT2D eigenvalue weighted by atomic mass is 32.2. The van der Waals surface area contributed by atoms with Crippen molar-refractivity contribution in [3.8, 4) is 0 Å². The van der Waals surface area contributed by atoms with Crippen molar-refractivity contribution in [2.75, 3.05) is 12.9 Å². The Kier molecular flexibility index (Phi) is 16.3. The van der Waals surface area contributed by atoms with Gasteiger partial charge in [-0.1, -0.05) is 90.4 Å². The summed E-state index contributed by atoms with van der Waals surface area (Å²) in [6.45, 7) is 2.26. The summed E-state index contributed by atoms with van der Waals surface area (Å²) in [4.78, 5) is 0. The van der Waals surface area contributed by atoms with Crippen molar-refractivity contribution in [3.05, 3.63) is 0 Å². The Balaban J connectivity index is 3.31. The molecule has 0 aromatic carbocycles. The number of rotatable bonds is 18. The van der Waals surface area contributed by atoms with E-state index in [1.165, 1.54) is 77.0 Å². The molecule has 24 heavy (non-hydrogen) atoms. The van der Waals surface area contributed by atoms with Crippen molar-refractivity contribution < 1.29 is 17.7 Å². The number of hydrogen-bond donors (Lipinski definition) is 1. The van der Waals surface area contributed by atoms with Crippen LogP contribution < -0.4 is 0 Å². The highest BCUT2D eigenvalue weighted by Crippen LogP contribution is 2.15. The van der Waals surface area contributed by atoms with Crippen molar-refractivity contribution in [1.82, 2.24) is 0 Å². The third-order valence-corrected chi connectivity index (χ3v) is 5.41. The van der Waals surface area contributed by atoms with Crippen LogP contribution in [0, 0.1) is 0 Å². The second-order valence-electron chi connectivity index (χ2n) is 6.96. The molecule has 0 saturated heterocycles. The first-order chi connectivity index (χ1) is 11.5. The predicted molar refractivity (Wildman–Crippen MR) is 102 cm³/mol. The van der Waals surface area contributed by atoms with Crippen molar-refractivity contribution in [1.29, 1.82) is 0 Å². The zero-order valence-corrected chi connectivity index (χ0v) is 16.8. The average Bonchev–Trinajstić information content (AvgIpc) is 2.53. The Morgan fingerprint density at radius 2 is 1.17 bits per heavy atom. The number of hydrogen-bond acceptors (Lipinski definition) is 3. The summed E-state index contributed by atoms with van der Waals surface area (Å²) in [6.07, 6.45) is 18.4. The third kappa shape index (κ3) is 18.2. The maximum absolute atomic E-state index is 10.7. The molecule has 0 saturated carbocycles. The van der Waals surface area contributed by atoms with Gasteiger partial charge >= 0.3 is 0 Å². The van der Waals surface area contributed by atoms with E-state index in [1.54, 1.807) is 7.11 Å². The van der Waals surface area contributed by atoms with Gasteiger partial charge in [0.05, 0.1) is 11.9 Å². The monoisotopic (exact) mass is 364 g/mol. The number of ether oxygens (including phenoxy) is 1. The molecule has 0 aliphatic rings. The Morgan fingerprint density at radius 3 is 1.54 bits per heavy atom. The van der Waals surface area contributed by atoms with E-state index in [1.807, 2.05) is 0 Å². The molecule has 0 spiro atoms. The minimum Gasteiger partial charge on any atom is -0.381 e. The van der Waals surface area contributed by atoms with Crippen molar-refractivity contribution in [2.45, 2.75) is 109 Å². The molecule has 0 aromatic rings. The Morgan fingerprint density at radius 1 is 0.750 bits per heavy atom. The van der Waals surface area contributed by atoms with E-state index < -0.39 is 10.1 Å². The van der Waals surface area contributed by atoms with Crippen LogP contribution >= 0.6 is 0 Å². The Bertz CT molecular complexity index is 354. The maximum atomic E-state index is 10.7. The molecule has 0 rings (SSSR count). The molecule has 1 N–H and O–H groups in total. The third-order valence-electron chi connectivity index (χ3n) is 4.66. The summed E-state index contributed by atoms with van der Waals surface area (Å²) in [5.74, 6) is -0.204. The fourth-order valence-corrected chi connectivity index (χ4v) is 3.61. The summed E-state index contributed by atoms with van der Waals surface area (Å²) in [5.41, 5.74) is 0. The molecule has 0 aliphatic carbocycles. The van der Waals surface area contributed by atoms with Gasteiger partial charge in [-0.2, -0.15) is 8.42 Å². The van der Waals surface area contributed by atoms with Crippen LogP contribution in [0.15, 0.2) is 0 Å². The molecular formula is C19H40O4S. The molecule has 4 nitrogen and oxygen atoms in total. The molecule has 5 heteroatoms. The molecule has 0 fully saturated rings.